The number of rotatable bonds is 7. The number of carboxylic acid groups (broad SMARTS) is 1. The van der Waals surface area contributed by atoms with Gasteiger partial charge in [-0.1, -0.05) is 11.8 Å². The fourth-order valence-corrected chi connectivity index (χ4v) is 2.01. The van der Waals surface area contributed by atoms with Crippen molar-refractivity contribution in [3.8, 4) is 0 Å². The van der Waals surface area contributed by atoms with Crippen molar-refractivity contribution in [3.63, 3.8) is 0 Å². The molecule has 110 valence electrons. The van der Waals surface area contributed by atoms with Crippen molar-refractivity contribution >= 4 is 29.6 Å². The van der Waals surface area contributed by atoms with E-state index in [0.717, 1.165) is 18.0 Å². The number of hydrogen-bond acceptors (Lipinski definition) is 7. The van der Waals surface area contributed by atoms with Crippen LogP contribution in [0.1, 0.15) is 24.3 Å². The molecule has 2 N–H and O–H groups in total. The molecule has 0 saturated carbocycles. The van der Waals surface area contributed by atoms with Crippen LogP contribution in [-0.4, -0.2) is 46.3 Å². The third-order valence-corrected chi connectivity index (χ3v) is 2.95. The molecule has 0 aliphatic carbocycles. The van der Waals surface area contributed by atoms with Gasteiger partial charge in [0.1, 0.15) is 12.3 Å². The maximum atomic E-state index is 11.3. The lowest BCUT2D eigenvalue weighted by Gasteiger charge is -2.10. The first-order chi connectivity index (χ1) is 9.43. The highest BCUT2D eigenvalue weighted by atomic mass is 32.2. The summed E-state index contributed by atoms with van der Waals surface area (Å²) in [7, 11) is 0. The van der Waals surface area contributed by atoms with E-state index < -0.39 is 23.9 Å². The molecule has 1 heterocycles. The summed E-state index contributed by atoms with van der Waals surface area (Å²) >= 11 is 0.974. The second-order valence-electron chi connectivity index (χ2n) is 3.62. The van der Waals surface area contributed by atoms with Gasteiger partial charge in [0.2, 0.25) is 5.91 Å². The van der Waals surface area contributed by atoms with Crippen molar-refractivity contribution in [2.75, 3.05) is 12.4 Å². The van der Waals surface area contributed by atoms with Crippen LogP contribution in [-0.2, 0) is 14.3 Å². The zero-order valence-electron chi connectivity index (χ0n) is 10.9. The van der Waals surface area contributed by atoms with E-state index in [9.17, 15) is 14.4 Å². The van der Waals surface area contributed by atoms with Crippen molar-refractivity contribution in [1.82, 2.24) is 10.3 Å². The fourth-order valence-electron chi connectivity index (χ4n) is 1.20. The number of esters is 1. The summed E-state index contributed by atoms with van der Waals surface area (Å²) in [5.41, 5.74) is 0.0146. The minimum atomic E-state index is -1.16. The van der Waals surface area contributed by atoms with Crippen LogP contribution in [0.15, 0.2) is 15.9 Å². The van der Waals surface area contributed by atoms with Gasteiger partial charge >= 0.3 is 11.9 Å². The highest BCUT2D eigenvalue weighted by molar-refractivity contribution is 7.99. The molecular formula is C11H14N2O6S. The molecule has 1 aromatic rings. The van der Waals surface area contributed by atoms with Gasteiger partial charge in [0, 0.05) is 12.7 Å². The summed E-state index contributed by atoms with van der Waals surface area (Å²) in [6.07, 6.45) is 1.13. The van der Waals surface area contributed by atoms with Crippen molar-refractivity contribution in [2.45, 2.75) is 25.1 Å². The van der Waals surface area contributed by atoms with Crippen LogP contribution in [0.4, 0.5) is 0 Å². The number of aromatic nitrogens is 1. The van der Waals surface area contributed by atoms with Crippen LogP contribution < -0.4 is 5.32 Å². The maximum Gasteiger partial charge on any atom is 0.360 e. The minimum absolute atomic E-state index is 0.0146. The predicted octanol–water partition coefficient (Wildman–Crippen LogP) is 0.533. The van der Waals surface area contributed by atoms with E-state index in [-0.39, 0.29) is 23.3 Å². The standard InChI is InChI=1S/C11H14N2O6S/c1-3-18-10(17)7-4-19-11(13-7)20-5-8(9(15)16)12-6(2)14/h4,8H,3,5H2,1-2H3,(H,12,14)(H,15,16)/t8-/m0/s1. The van der Waals surface area contributed by atoms with E-state index in [0.29, 0.717) is 0 Å². The summed E-state index contributed by atoms with van der Waals surface area (Å²) in [5.74, 6) is -2.19. The van der Waals surface area contributed by atoms with Gasteiger partial charge in [-0.25, -0.2) is 9.59 Å². The van der Waals surface area contributed by atoms with Gasteiger partial charge in [-0.15, -0.1) is 0 Å². The molecule has 0 unspecified atom stereocenters. The first kappa shape index (κ1) is 16.0. The number of hydrogen-bond donors (Lipinski definition) is 2. The van der Waals surface area contributed by atoms with Crippen molar-refractivity contribution in [1.29, 1.82) is 0 Å². The zero-order chi connectivity index (χ0) is 15.1. The van der Waals surface area contributed by atoms with Gasteiger partial charge in [0.05, 0.1) is 6.61 Å². The molecule has 1 amide bonds. The highest BCUT2D eigenvalue weighted by Gasteiger charge is 2.20. The highest BCUT2D eigenvalue weighted by Crippen LogP contribution is 2.18. The van der Waals surface area contributed by atoms with E-state index in [1.54, 1.807) is 6.92 Å². The molecule has 8 nitrogen and oxygen atoms in total. The summed E-state index contributed by atoms with van der Waals surface area (Å²) < 4.78 is 9.75. The number of aliphatic carboxylic acids is 1. The second kappa shape index (κ2) is 7.53. The number of thioether (sulfide) groups is 1. The largest absolute Gasteiger partial charge is 0.480 e. The van der Waals surface area contributed by atoms with Gasteiger partial charge in [-0.05, 0) is 6.92 Å². The monoisotopic (exact) mass is 302 g/mol. The molecule has 0 spiro atoms. The molecule has 1 aromatic heterocycles. The number of nitrogens with zero attached hydrogens (tertiary/aromatic N) is 1. The Kier molecular flexibility index (Phi) is 6.04. The van der Waals surface area contributed by atoms with E-state index in [1.165, 1.54) is 6.92 Å². The molecule has 1 atom stereocenters. The van der Waals surface area contributed by atoms with Gasteiger partial charge in [-0.3, -0.25) is 4.79 Å². The van der Waals surface area contributed by atoms with Gasteiger partial charge in [0.15, 0.2) is 5.69 Å². The Balaban J connectivity index is 2.58. The first-order valence-electron chi connectivity index (χ1n) is 5.69. The van der Waals surface area contributed by atoms with Gasteiger partial charge in [0.25, 0.3) is 5.22 Å². The lowest BCUT2D eigenvalue weighted by molar-refractivity contribution is -0.140. The van der Waals surface area contributed by atoms with E-state index in [1.807, 2.05) is 0 Å². The number of carboxylic acids is 1. The average molecular weight is 302 g/mol. The number of amides is 1. The number of carbonyl (C=O) groups excluding carboxylic acids is 2. The van der Waals surface area contributed by atoms with Crippen LogP contribution in [0, 0.1) is 0 Å². The molecule has 0 saturated heterocycles. The Labute approximate surface area is 118 Å². The molecule has 0 fully saturated rings. The molecule has 9 heteroatoms. The third kappa shape index (κ3) is 4.92. The number of ether oxygens (including phenoxy) is 1. The fraction of sp³-hybridized carbons (Fsp3) is 0.455. The second-order valence-corrected chi connectivity index (χ2v) is 4.59. The van der Waals surface area contributed by atoms with E-state index in [2.05, 4.69) is 10.3 Å². The Bertz CT molecular complexity index is 501. The van der Waals surface area contributed by atoms with Crippen LogP contribution in [0.25, 0.3) is 0 Å². The molecule has 1 rings (SSSR count). The normalized spacial score (nSPS) is 11.7. The Hall–Kier alpha value is -2.03. The lowest BCUT2D eigenvalue weighted by atomic mass is 10.3. The maximum absolute atomic E-state index is 11.3. The van der Waals surface area contributed by atoms with Crippen LogP contribution in [0.5, 0.6) is 0 Å². The molecule has 0 aliphatic rings. The summed E-state index contributed by atoms with van der Waals surface area (Å²) in [4.78, 5) is 37.0. The molecular weight excluding hydrogens is 288 g/mol. The van der Waals surface area contributed by atoms with E-state index >= 15 is 0 Å². The number of oxazole rings is 1. The van der Waals surface area contributed by atoms with Crippen LogP contribution in [0.2, 0.25) is 0 Å². The molecule has 0 bridgehead atoms. The predicted molar refractivity (Wildman–Crippen MR) is 68.4 cm³/mol. The van der Waals surface area contributed by atoms with Crippen molar-refractivity contribution < 1.29 is 28.6 Å². The third-order valence-electron chi connectivity index (χ3n) is 2.02. The first-order valence-corrected chi connectivity index (χ1v) is 6.68. The summed E-state index contributed by atoms with van der Waals surface area (Å²) in [6.45, 7) is 3.11. The Morgan fingerprint density at radius 2 is 2.25 bits per heavy atom. The SMILES string of the molecule is CCOC(=O)c1coc(SC[C@H](NC(C)=O)C(=O)O)n1. The summed E-state index contributed by atoms with van der Waals surface area (Å²) in [6, 6.07) is -1.06. The van der Waals surface area contributed by atoms with Gasteiger partial charge < -0.3 is 19.6 Å². The van der Waals surface area contributed by atoms with Crippen LogP contribution in [0.3, 0.4) is 0 Å². The smallest absolute Gasteiger partial charge is 0.360 e. The summed E-state index contributed by atoms with van der Waals surface area (Å²) in [5, 5.41) is 11.3. The average Bonchev–Trinajstić information content (AvgIpc) is 2.82. The molecule has 0 aliphatic heterocycles. The van der Waals surface area contributed by atoms with Gasteiger partial charge in [-0.2, -0.15) is 4.98 Å². The molecule has 0 aromatic carbocycles. The topological polar surface area (TPSA) is 119 Å². The lowest BCUT2D eigenvalue weighted by Crippen LogP contribution is -2.41. The van der Waals surface area contributed by atoms with E-state index in [4.69, 9.17) is 14.3 Å². The minimum Gasteiger partial charge on any atom is -0.480 e. The quantitative estimate of drug-likeness (QED) is 0.553. The Morgan fingerprint density at radius 1 is 1.55 bits per heavy atom. The number of nitrogens with one attached hydrogen (secondary N) is 1. The van der Waals surface area contributed by atoms with Crippen molar-refractivity contribution in [2.24, 2.45) is 0 Å². The zero-order valence-corrected chi connectivity index (χ0v) is 11.7. The Morgan fingerprint density at radius 3 is 2.80 bits per heavy atom. The number of carbonyl (C=O) groups is 3. The molecule has 0 radical (unpaired) electrons. The van der Waals surface area contributed by atoms with Crippen LogP contribution >= 0.6 is 11.8 Å². The molecule has 20 heavy (non-hydrogen) atoms. The van der Waals surface area contributed by atoms with Crippen molar-refractivity contribution in [3.05, 3.63) is 12.0 Å².